The van der Waals surface area contributed by atoms with Crippen molar-refractivity contribution in [1.82, 2.24) is 9.88 Å². The zero-order valence-electron chi connectivity index (χ0n) is 15.2. The molecule has 2 aromatic carbocycles. The number of carbonyl (C=O) groups is 1. The van der Waals surface area contributed by atoms with Gasteiger partial charge < -0.3 is 14.6 Å². The molecule has 26 heavy (non-hydrogen) atoms. The first-order valence-corrected chi connectivity index (χ1v) is 8.52. The van der Waals surface area contributed by atoms with Gasteiger partial charge in [0, 0.05) is 49.0 Å². The van der Waals surface area contributed by atoms with E-state index in [0.717, 1.165) is 22.2 Å². The van der Waals surface area contributed by atoms with Gasteiger partial charge in [-0.15, -0.1) is 0 Å². The number of fused-ring (bicyclic) bond motifs is 1. The van der Waals surface area contributed by atoms with Gasteiger partial charge in [0.15, 0.2) is 0 Å². The number of amides is 1. The van der Waals surface area contributed by atoms with E-state index in [4.69, 9.17) is 4.74 Å². The molecule has 1 aromatic heterocycles. The summed E-state index contributed by atoms with van der Waals surface area (Å²) in [4.78, 5) is 24.1. The van der Waals surface area contributed by atoms with E-state index in [0.29, 0.717) is 24.1 Å². The first-order valence-electron chi connectivity index (χ1n) is 8.52. The standard InChI is InChI=1S/C21H22N2O3/c1-14(24)22-12-11-19-20(15-7-5-4-6-8-15)18-13-16(26-3)9-10-17(18)21(25)23(19)2/h4-10,13H,11-12H2,1-3H3,(H,22,24). The van der Waals surface area contributed by atoms with Crippen molar-refractivity contribution >= 4 is 16.7 Å². The van der Waals surface area contributed by atoms with Crippen LogP contribution in [0.15, 0.2) is 53.3 Å². The minimum absolute atomic E-state index is 0.0554. The van der Waals surface area contributed by atoms with E-state index < -0.39 is 0 Å². The molecule has 0 atom stereocenters. The highest BCUT2D eigenvalue weighted by Crippen LogP contribution is 2.32. The lowest BCUT2D eigenvalue weighted by molar-refractivity contribution is -0.118. The largest absolute Gasteiger partial charge is 0.497 e. The normalized spacial score (nSPS) is 10.7. The van der Waals surface area contributed by atoms with Gasteiger partial charge in [0.1, 0.15) is 5.75 Å². The number of nitrogens with one attached hydrogen (secondary N) is 1. The Morgan fingerprint density at radius 3 is 2.50 bits per heavy atom. The van der Waals surface area contributed by atoms with Crippen LogP contribution < -0.4 is 15.6 Å². The Hall–Kier alpha value is -3.08. The van der Waals surface area contributed by atoms with Crippen molar-refractivity contribution in [1.29, 1.82) is 0 Å². The number of ether oxygens (including phenoxy) is 1. The third-order valence-electron chi connectivity index (χ3n) is 4.52. The zero-order chi connectivity index (χ0) is 18.7. The molecule has 0 unspecified atom stereocenters. The summed E-state index contributed by atoms with van der Waals surface area (Å²) >= 11 is 0. The second-order valence-corrected chi connectivity index (χ2v) is 6.20. The maximum absolute atomic E-state index is 12.9. The lowest BCUT2D eigenvalue weighted by Crippen LogP contribution is -2.27. The number of methoxy groups -OCH3 is 1. The van der Waals surface area contributed by atoms with Crippen LogP contribution in [0.1, 0.15) is 12.6 Å². The lowest BCUT2D eigenvalue weighted by Gasteiger charge is -2.18. The minimum atomic E-state index is -0.0845. The molecule has 0 radical (unpaired) electrons. The second-order valence-electron chi connectivity index (χ2n) is 6.20. The van der Waals surface area contributed by atoms with Crippen LogP contribution in [-0.2, 0) is 18.3 Å². The van der Waals surface area contributed by atoms with E-state index in [1.165, 1.54) is 6.92 Å². The fourth-order valence-electron chi connectivity index (χ4n) is 3.25. The highest BCUT2D eigenvalue weighted by molar-refractivity contribution is 5.98. The van der Waals surface area contributed by atoms with E-state index in [9.17, 15) is 9.59 Å². The molecule has 134 valence electrons. The molecule has 1 N–H and O–H groups in total. The van der Waals surface area contributed by atoms with Gasteiger partial charge in [0.2, 0.25) is 5.91 Å². The molecule has 0 fully saturated rings. The predicted octanol–water partition coefficient (Wildman–Crippen LogP) is 2.89. The van der Waals surface area contributed by atoms with Crippen LogP contribution in [0, 0.1) is 0 Å². The van der Waals surface area contributed by atoms with Crippen LogP contribution in [0.2, 0.25) is 0 Å². The van der Waals surface area contributed by atoms with Crippen molar-refractivity contribution in [2.24, 2.45) is 7.05 Å². The molecule has 3 aromatic rings. The summed E-state index contributed by atoms with van der Waals surface area (Å²) in [5.41, 5.74) is 2.85. The summed E-state index contributed by atoms with van der Waals surface area (Å²) in [6, 6.07) is 15.5. The van der Waals surface area contributed by atoms with Crippen molar-refractivity contribution in [3.05, 3.63) is 64.6 Å². The molecule has 0 aliphatic heterocycles. The molecule has 1 heterocycles. The van der Waals surface area contributed by atoms with Gasteiger partial charge in [-0.25, -0.2) is 0 Å². The zero-order valence-corrected chi connectivity index (χ0v) is 15.2. The van der Waals surface area contributed by atoms with E-state index in [1.807, 2.05) is 36.4 Å². The Morgan fingerprint density at radius 1 is 1.12 bits per heavy atom. The Balaban J connectivity index is 2.30. The summed E-state index contributed by atoms with van der Waals surface area (Å²) in [7, 11) is 3.39. The average molecular weight is 350 g/mol. The smallest absolute Gasteiger partial charge is 0.258 e. The molecule has 0 saturated carbocycles. The van der Waals surface area contributed by atoms with Crippen molar-refractivity contribution < 1.29 is 9.53 Å². The molecule has 5 heteroatoms. The number of pyridine rings is 1. The highest BCUT2D eigenvalue weighted by atomic mass is 16.5. The third-order valence-corrected chi connectivity index (χ3v) is 4.52. The van der Waals surface area contributed by atoms with Gasteiger partial charge in [-0.05, 0) is 23.8 Å². The van der Waals surface area contributed by atoms with Crippen LogP contribution in [0.3, 0.4) is 0 Å². The fraction of sp³-hybridized carbons (Fsp3) is 0.238. The Kier molecular flexibility index (Phi) is 5.07. The summed E-state index contributed by atoms with van der Waals surface area (Å²) in [5.74, 6) is 0.620. The molecule has 3 rings (SSSR count). The van der Waals surface area contributed by atoms with Crippen LogP contribution in [0.25, 0.3) is 21.9 Å². The van der Waals surface area contributed by atoms with Crippen molar-refractivity contribution in [2.45, 2.75) is 13.3 Å². The number of nitrogens with zero attached hydrogens (tertiary/aromatic N) is 1. The maximum Gasteiger partial charge on any atom is 0.258 e. The second kappa shape index (κ2) is 7.44. The van der Waals surface area contributed by atoms with Crippen molar-refractivity contribution in [3.8, 4) is 16.9 Å². The van der Waals surface area contributed by atoms with Crippen LogP contribution in [0.4, 0.5) is 0 Å². The van der Waals surface area contributed by atoms with Crippen LogP contribution >= 0.6 is 0 Å². The minimum Gasteiger partial charge on any atom is -0.497 e. The van der Waals surface area contributed by atoms with Gasteiger partial charge in [-0.2, -0.15) is 0 Å². The van der Waals surface area contributed by atoms with Gasteiger partial charge >= 0.3 is 0 Å². The summed E-state index contributed by atoms with van der Waals surface area (Å²) in [5, 5.41) is 4.32. The molecule has 0 saturated heterocycles. The van der Waals surface area contributed by atoms with Crippen molar-refractivity contribution in [3.63, 3.8) is 0 Å². The number of rotatable bonds is 5. The van der Waals surface area contributed by atoms with E-state index in [1.54, 1.807) is 30.9 Å². The van der Waals surface area contributed by atoms with Gasteiger partial charge in [-0.3, -0.25) is 9.59 Å². The Bertz CT molecular complexity index is 1010. The molecular formula is C21H22N2O3. The summed E-state index contributed by atoms with van der Waals surface area (Å²) in [6.07, 6.45) is 0.558. The van der Waals surface area contributed by atoms with Gasteiger partial charge in [0.25, 0.3) is 5.56 Å². The molecule has 5 nitrogen and oxygen atoms in total. The molecular weight excluding hydrogens is 328 g/mol. The molecule has 0 aliphatic carbocycles. The summed E-state index contributed by atoms with van der Waals surface area (Å²) < 4.78 is 7.05. The number of hydrogen-bond donors (Lipinski definition) is 1. The molecule has 1 amide bonds. The van der Waals surface area contributed by atoms with Gasteiger partial charge in [-0.1, -0.05) is 30.3 Å². The first kappa shape index (κ1) is 17.7. The molecule has 0 spiro atoms. The quantitative estimate of drug-likeness (QED) is 0.770. The third kappa shape index (κ3) is 3.33. The molecule has 0 aliphatic rings. The Labute approximate surface area is 152 Å². The summed E-state index contributed by atoms with van der Waals surface area (Å²) in [6.45, 7) is 1.96. The van der Waals surface area contributed by atoms with Crippen molar-refractivity contribution in [2.75, 3.05) is 13.7 Å². The average Bonchev–Trinajstić information content (AvgIpc) is 2.65. The molecule has 0 bridgehead atoms. The van der Waals surface area contributed by atoms with E-state index in [2.05, 4.69) is 5.32 Å². The maximum atomic E-state index is 12.9. The topological polar surface area (TPSA) is 60.3 Å². The van der Waals surface area contributed by atoms with E-state index in [-0.39, 0.29) is 11.5 Å². The number of benzene rings is 2. The predicted molar refractivity (Wildman–Crippen MR) is 104 cm³/mol. The lowest BCUT2D eigenvalue weighted by atomic mass is 9.95. The Morgan fingerprint density at radius 2 is 1.85 bits per heavy atom. The number of aromatic nitrogens is 1. The van der Waals surface area contributed by atoms with Crippen LogP contribution in [-0.4, -0.2) is 24.1 Å². The number of hydrogen-bond acceptors (Lipinski definition) is 3. The number of carbonyl (C=O) groups excluding carboxylic acids is 1. The van der Waals surface area contributed by atoms with E-state index >= 15 is 0 Å². The SMILES string of the molecule is COc1ccc2c(=O)n(C)c(CCNC(C)=O)c(-c3ccccc3)c2c1. The van der Waals surface area contributed by atoms with Crippen LogP contribution in [0.5, 0.6) is 5.75 Å². The monoisotopic (exact) mass is 350 g/mol. The highest BCUT2D eigenvalue weighted by Gasteiger charge is 2.17. The van der Waals surface area contributed by atoms with Gasteiger partial charge in [0.05, 0.1) is 7.11 Å². The fourth-order valence-corrected chi connectivity index (χ4v) is 3.25. The first-order chi connectivity index (χ1) is 12.5.